The van der Waals surface area contributed by atoms with Gasteiger partial charge in [-0.1, -0.05) is 66.7 Å². The maximum atomic E-state index is 12.4. The number of aliphatic imine (C=N–C) groups is 1. The minimum Gasteiger partial charge on any atom is -0.379 e. The third-order valence-corrected chi connectivity index (χ3v) is 7.64. The Hall–Kier alpha value is -3.44. The Bertz CT molecular complexity index is 1240. The van der Waals surface area contributed by atoms with E-state index in [1.807, 2.05) is 78.9 Å². The molecule has 2 aliphatic rings. The molecule has 34 heavy (non-hydrogen) atoms. The fourth-order valence-electron chi connectivity index (χ4n) is 5.77. The van der Waals surface area contributed by atoms with E-state index in [1.54, 1.807) is 0 Å². The summed E-state index contributed by atoms with van der Waals surface area (Å²) in [7, 11) is 0. The predicted octanol–water partition coefficient (Wildman–Crippen LogP) is 4.97. The first kappa shape index (κ1) is 22.4. The van der Waals surface area contributed by atoms with E-state index in [2.05, 4.69) is 18.7 Å². The summed E-state index contributed by atoms with van der Waals surface area (Å²) in [6.07, 6.45) is 1.79. The van der Waals surface area contributed by atoms with Gasteiger partial charge in [-0.05, 0) is 55.9 Å². The van der Waals surface area contributed by atoms with Crippen LogP contribution in [0.2, 0.25) is 0 Å². The molecular weight excluding hydrogens is 422 g/mol. The summed E-state index contributed by atoms with van der Waals surface area (Å²) in [5.41, 5.74) is 7.93. The Morgan fingerprint density at radius 1 is 0.941 bits per heavy atom. The molecule has 0 radical (unpaired) electrons. The van der Waals surface area contributed by atoms with Crippen LogP contribution < -0.4 is 5.73 Å². The number of primary amides is 1. The molecule has 5 rings (SSSR count). The number of amides is 1. The highest BCUT2D eigenvalue weighted by molar-refractivity contribution is 5.95. The molecule has 1 fully saturated rings. The quantitative estimate of drug-likeness (QED) is 0.588. The Morgan fingerprint density at radius 3 is 2.26 bits per heavy atom. The summed E-state index contributed by atoms with van der Waals surface area (Å²) < 4.78 is 0. The van der Waals surface area contributed by atoms with Crippen molar-refractivity contribution in [3.8, 4) is 0 Å². The number of nitrogens with zero attached hydrogens (tertiary/aromatic N) is 2. The Balaban J connectivity index is 1.50. The van der Waals surface area contributed by atoms with Crippen LogP contribution in [0.4, 0.5) is 5.69 Å². The number of para-hydroxylation sites is 1. The molecule has 1 atom stereocenters. The number of amidine groups is 1. The number of nitrogens with two attached hydrogens (primary N) is 1. The Kier molecular flexibility index (Phi) is 5.53. The number of hydrogen-bond donors (Lipinski definition) is 2. The van der Waals surface area contributed by atoms with Gasteiger partial charge < -0.3 is 15.7 Å². The molecule has 2 heterocycles. The molecule has 2 aliphatic heterocycles. The van der Waals surface area contributed by atoms with Crippen LogP contribution in [-0.4, -0.2) is 34.8 Å². The number of rotatable bonds is 3. The molecule has 3 aromatic rings. The first-order chi connectivity index (χ1) is 16.3. The van der Waals surface area contributed by atoms with Gasteiger partial charge in [0.2, 0.25) is 5.91 Å². The molecule has 0 aromatic heterocycles. The van der Waals surface area contributed by atoms with E-state index < -0.39 is 11.0 Å². The number of carbonyl (C=O) groups excluding carboxylic acids is 1. The van der Waals surface area contributed by atoms with Crippen LogP contribution in [0.15, 0.2) is 83.9 Å². The highest BCUT2D eigenvalue weighted by atomic mass is 16.3. The minimum atomic E-state index is -1.21. The van der Waals surface area contributed by atoms with E-state index in [0.29, 0.717) is 5.56 Å². The van der Waals surface area contributed by atoms with Crippen molar-refractivity contribution in [2.24, 2.45) is 16.1 Å². The van der Waals surface area contributed by atoms with Crippen LogP contribution in [-0.2, 0) is 5.60 Å². The summed E-state index contributed by atoms with van der Waals surface area (Å²) in [4.78, 5) is 19.4. The molecule has 0 spiro atoms. The number of likely N-dealkylation sites (tertiary alicyclic amines) is 1. The Labute approximate surface area is 200 Å². The van der Waals surface area contributed by atoms with Crippen molar-refractivity contribution in [3.05, 3.63) is 101 Å². The van der Waals surface area contributed by atoms with Crippen molar-refractivity contribution in [3.63, 3.8) is 0 Å². The first-order valence-electron chi connectivity index (χ1n) is 11.9. The second-order valence-electron chi connectivity index (χ2n) is 9.87. The van der Waals surface area contributed by atoms with Gasteiger partial charge in [0.15, 0.2) is 0 Å². The zero-order chi connectivity index (χ0) is 23.9. The van der Waals surface area contributed by atoms with Gasteiger partial charge in [-0.3, -0.25) is 4.79 Å². The van der Waals surface area contributed by atoms with Gasteiger partial charge in [-0.15, -0.1) is 0 Å². The lowest BCUT2D eigenvalue weighted by molar-refractivity contribution is -0.00695. The molecule has 0 saturated carbocycles. The van der Waals surface area contributed by atoms with E-state index in [4.69, 9.17) is 10.7 Å². The average molecular weight is 454 g/mol. The van der Waals surface area contributed by atoms with Gasteiger partial charge in [0, 0.05) is 24.2 Å². The molecule has 1 amide bonds. The maximum absolute atomic E-state index is 12.4. The lowest BCUT2D eigenvalue weighted by Crippen LogP contribution is -2.56. The maximum Gasteiger partial charge on any atom is 0.248 e. The largest absolute Gasteiger partial charge is 0.379 e. The SMILES string of the molecule is CC1(C)C(N2CCC(c3ccccc3C(N)=O)CC2)=Nc2ccccc2C1(O)c1ccccc1. The van der Waals surface area contributed by atoms with Gasteiger partial charge >= 0.3 is 0 Å². The molecule has 3 N–H and O–H groups in total. The van der Waals surface area contributed by atoms with Gasteiger partial charge in [-0.25, -0.2) is 4.99 Å². The number of fused-ring (bicyclic) bond motifs is 1. The molecule has 0 aliphatic carbocycles. The molecule has 0 bridgehead atoms. The molecule has 5 nitrogen and oxygen atoms in total. The van der Waals surface area contributed by atoms with Gasteiger partial charge in [0.05, 0.1) is 11.1 Å². The van der Waals surface area contributed by atoms with Crippen LogP contribution in [0.5, 0.6) is 0 Å². The zero-order valence-electron chi connectivity index (χ0n) is 19.7. The van der Waals surface area contributed by atoms with Crippen molar-refractivity contribution in [1.29, 1.82) is 0 Å². The van der Waals surface area contributed by atoms with Crippen molar-refractivity contribution in [1.82, 2.24) is 4.90 Å². The van der Waals surface area contributed by atoms with E-state index >= 15 is 0 Å². The highest BCUT2D eigenvalue weighted by Gasteiger charge is 2.54. The summed E-state index contributed by atoms with van der Waals surface area (Å²) in [5.74, 6) is 0.798. The highest BCUT2D eigenvalue weighted by Crippen LogP contribution is 2.53. The van der Waals surface area contributed by atoms with Crippen LogP contribution >= 0.6 is 0 Å². The van der Waals surface area contributed by atoms with Crippen molar-refractivity contribution in [2.45, 2.75) is 38.2 Å². The normalized spacial score (nSPS) is 22.1. The second kappa shape index (κ2) is 8.41. The number of carbonyl (C=O) groups is 1. The van der Waals surface area contributed by atoms with Crippen LogP contribution in [0.1, 0.15) is 59.7 Å². The summed E-state index contributed by atoms with van der Waals surface area (Å²) >= 11 is 0. The van der Waals surface area contributed by atoms with E-state index in [9.17, 15) is 9.90 Å². The number of aliphatic hydroxyl groups is 1. The van der Waals surface area contributed by atoms with E-state index in [1.165, 1.54) is 0 Å². The smallest absolute Gasteiger partial charge is 0.248 e. The lowest BCUT2D eigenvalue weighted by atomic mass is 9.64. The average Bonchev–Trinajstić information content (AvgIpc) is 2.87. The van der Waals surface area contributed by atoms with Crippen molar-refractivity contribution >= 4 is 17.4 Å². The Morgan fingerprint density at radius 2 is 1.56 bits per heavy atom. The summed E-state index contributed by atoms with van der Waals surface area (Å²) in [6.45, 7) is 5.77. The summed E-state index contributed by atoms with van der Waals surface area (Å²) in [5, 5.41) is 12.4. The first-order valence-corrected chi connectivity index (χ1v) is 11.9. The summed E-state index contributed by atoms with van der Waals surface area (Å²) in [6, 6.07) is 25.5. The van der Waals surface area contributed by atoms with Gasteiger partial charge in [0.1, 0.15) is 11.4 Å². The predicted molar refractivity (Wildman–Crippen MR) is 135 cm³/mol. The minimum absolute atomic E-state index is 0.271. The van der Waals surface area contributed by atoms with Crippen LogP contribution in [0.3, 0.4) is 0 Å². The zero-order valence-corrected chi connectivity index (χ0v) is 19.7. The topological polar surface area (TPSA) is 78.9 Å². The fraction of sp³-hybridized carbons (Fsp3) is 0.310. The molecule has 3 aromatic carbocycles. The van der Waals surface area contributed by atoms with E-state index in [-0.39, 0.29) is 11.8 Å². The second-order valence-corrected chi connectivity index (χ2v) is 9.87. The number of piperidine rings is 1. The molecular formula is C29H31N3O2. The fourth-order valence-corrected chi connectivity index (χ4v) is 5.77. The third-order valence-electron chi connectivity index (χ3n) is 7.64. The van der Waals surface area contributed by atoms with Gasteiger partial charge in [-0.2, -0.15) is 0 Å². The molecule has 174 valence electrons. The third kappa shape index (κ3) is 3.43. The molecule has 5 heteroatoms. The van der Waals surface area contributed by atoms with Crippen LogP contribution in [0.25, 0.3) is 0 Å². The molecule has 1 unspecified atom stereocenters. The molecule has 1 saturated heterocycles. The van der Waals surface area contributed by atoms with Gasteiger partial charge in [0.25, 0.3) is 0 Å². The van der Waals surface area contributed by atoms with Crippen LogP contribution in [0, 0.1) is 5.41 Å². The van der Waals surface area contributed by atoms with Crippen molar-refractivity contribution < 1.29 is 9.90 Å². The monoisotopic (exact) mass is 453 g/mol. The number of hydrogen-bond acceptors (Lipinski definition) is 4. The lowest BCUT2D eigenvalue weighted by Gasteiger charge is -2.51. The standard InChI is InChI=1S/C29H31N3O2/c1-28(2)27(32-18-16-20(17-19-32)22-12-6-7-13-23(22)26(30)33)31-25-15-9-8-14-24(25)29(28,34)21-10-4-3-5-11-21/h3-15,20,34H,16-19H2,1-2H3,(H2,30,33). The number of benzene rings is 3. The van der Waals surface area contributed by atoms with Crippen molar-refractivity contribution in [2.75, 3.05) is 13.1 Å². The van der Waals surface area contributed by atoms with E-state index in [0.717, 1.165) is 54.1 Å².